The number of carbonyl (C=O) groups is 1. The van der Waals surface area contributed by atoms with Crippen molar-refractivity contribution in [1.29, 1.82) is 0 Å². The van der Waals surface area contributed by atoms with E-state index >= 15 is 0 Å². The number of nitrogens with one attached hydrogen (secondary N) is 1. The van der Waals surface area contributed by atoms with Gasteiger partial charge in [0.2, 0.25) is 5.82 Å². The van der Waals surface area contributed by atoms with Gasteiger partial charge in [-0.25, -0.2) is 4.98 Å². The Kier molecular flexibility index (Phi) is 3.42. The third-order valence-electron chi connectivity index (χ3n) is 3.25. The van der Waals surface area contributed by atoms with E-state index < -0.39 is 0 Å². The van der Waals surface area contributed by atoms with Crippen LogP contribution >= 0.6 is 0 Å². The topological polar surface area (TPSA) is 65.1 Å². The number of amides is 1. The summed E-state index contributed by atoms with van der Waals surface area (Å²) in [5.41, 5.74) is 0. The molecule has 1 fully saturated rings. The molecule has 0 bridgehead atoms. The molecule has 17 heavy (non-hydrogen) atoms. The van der Waals surface area contributed by atoms with Crippen LogP contribution in [0.3, 0.4) is 0 Å². The minimum Gasteiger partial charge on any atom is -0.333 e. The van der Waals surface area contributed by atoms with Crippen LogP contribution in [0, 0.1) is 6.92 Å². The van der Waals surface area contributed by atoms with Gasteiger partial charge in [0.25, 0.3) is 5.91 Å². The Labute approximate surface area is 101 Å². The summed E-state index contributed by atoms with van der Waals surface area (Å²) in [7, 11) is 0. The van der Waals surface area contributed by atoms with Gasteiger partial charge < -0.3 is 4.90 Å². The average Bonchev–Trinajstić information content (AvgIpc) is 2.75. The van der Waals surface area contributed by atoms with Crippen molar-refractivity contribution in [2.75, 3.05) is 26.2 Å². The molecule has 0 saturated carbocycles. The van der Waals surface area contributed by atoms with Gasteiger partial charge in [-0.1, -0.05) is 6.92 Å². The molecule has 2 heterocycles. The van der Waals surface area contributed by atoms with E-state index in [1.807, 2.05) is 4.90 Å². The number of carbonyl (C=O) groups excluding carboxylic acids is 1. The summed E-state index contributed by atoms with van der Waals surface area (Å²) in [4.78, 5) is 20.4. The quantitative estimate of drug-likeness (QED) is 0.802. The summed E-state index contributed by atoms with van der Waals surface area (Å²) >= 11 is 0. The fourth-order valence-electron chi connectivity index (χ4n) is 2.23. The lowest BCUT2D eigenvalue weighted by molar-refractivity contribution is 0.0517. The number of piperazine rings is 1. The highest BCUT2D eigenvalue weighted by Crippen LogP contribution is 2.11. The molecule has 0 spiro atoms. The van der Waals surface area contributed by atoms with Crippen LogP contribution in [0.2, 0.25) is 0 Å². The molecule has 1 amide bonds. The highest BCUT2D eigenvalue weighted by molar-refractivity contribution is 5.90. The number of H-pyrrole nitrogens is 1. The first-order valence-corrected chi connectivity index (χ1v) is 6.04. The molecular formula is C11H19N5O. The fraction of sp³-hybridized carbons (Fsp3) is 0.727. The number of aromatic amines is 1. The van der Waals surface area contributed by atoms with Crippen LogP contribution in [-0.4, -0.2) is 63.1 Å². The molecule has 1 aromatic heterocycles. The van der Waals surface area contributed by atoms with Crippen LogP contribution in [0.1, 0.15) is 30.3 Å². The average molecular weight is 237 g/mol. The monoisotopic (exact) mass is 237 g/mol. The van der Waals surface area contributed by atoms with Crippen molar-refractivity contribution in [3.8, 4) is 0 Å². The van der Waals surface area contributed by atoms with Gasteiger partial charge in [0.1, 0.15) is 5.82 Å². The standard InChI is InChI=1S/C11H19N5O/c1-4-15-5-6-16(7-8(15)2)11(17)10-12-9(3)13-14-10/h8H,4-7H2,1-3H3,(H,12,13,14). The van der Waals surface area contributed by atoms with Gasteiger partial charge in [-0.05, 0) is 20.4 Å². The molecule has 1 aromatic rings. The van der Waals surface area contributed by atoms with Crippen molar-refractivity contribution in [1.82, 2.24) is 25.0 Å². The van der Waals surface area contributed by atoms with E-state index in [0.717, 1.165) is 26.2 Å². The fourth-order valence-corrected chi connectivity index (χ4v) is 2.23. The van der Waals surface area contributed by atoms with E-state index in [-0.39, 0.29) is 11.7 Å². The third kappa shape index (κ3) is 2.46. The summed E-state index contributed by atoms with van der Waals surface area (Å²) in [6.45, 7) is 9.54. The Morgan fingerprint density at radius 1 is 1.53 bits per heavy atom. The number of aryl methyl sites for hydroxylation is 1. The zero-order valence-electron chi connectivity index (χ0n) is 10.6. The van der Waals surface area contributed by atoms with Crippen molar-refractivity contribution < 1.29 is 4.79 Å². The molecular weight excluding hydrogens is 218 g/mol. The van der Waals surface area contributed by atoms with E-state index in [4.69, 9.17) is 0 Å². The van der Waals surface area contributed by atoms with Gasteiger partial charge in [0.15, 0.2) is 0 Å². The molecule has 2 rings (SSSR count). The van der Waals surface area contributed by atoms with Crippen molar-refractivity contribution >= 4 is 5.91 Å². The largest absolute Gasteiger partial charge is 0.333 e. The van der Waals surface area contributed by atoms with Crippen molar-refractivity contribution in [2.24, 2.45) is 0 Å². The Morgan fingerprint density at radius 2 is 2.29 bits per heavy atom. The van der Waals surface area contributed by atoms with E-state index in [0.29, 0.717) is 11.9 Å². The van der Waals surface area contributed by atoms with Gasteiger partial charge in [-0.15, -0.1) is 5.10 Å². The van der Waals surface area contributed by atoms with Gasteiger partial charge in [-0.3, -0.25) is 14.8 Å². The lowest BCUT2D eigenvalue weighted by atomic mass is 10.2. The summed E-state index contributed by atoms with van der Waals surface area (Å²) in [5.74, 6) is 0.880. The normalized spacial score (nSPS) is 21.8. The maximum Gasteiger partial charge on any atom is 0.293 e. The second-order valence-electron chi connectivity index (χ2n) is 4.47. The molecule has 0 aromatic carbocycles. The predicted octanol–water partition coefficient (Wildman–Crippen LogP) is 0.279. The number of likely N-dealkylation sites (N-methyl/N-ethyl adjacent to an activating group) is 1. The minimum absolute atomic E-state index is 0.0723. The van der Waals surface area contributed by atoms with Gasteiger partial charge >= 0.3 is 0 Å². The smallest absolute Gasteiger partial charge is 0.293 e. The number of rotatable bonds is 2. The van der Waals surface area contributed by atoms with E-state index in [2.05, 4.69) is 33.9 Å². The Bertz CT molecular complexity index is 402. The maximum atomic E-state index is 12.1. The Balaban J connectivity index is 2.02. The molecule has 1 N–H and O–H groups in total. The van der Waals surface area contributed by atoms with Crippen LogP contribution in [0.15, 0.2) is 0 Å². The van der Waals surface area contributed by atoms with Crippen LogP contribution in [-0.2, 0) is 0 Å². The van der Waals surface area contributed by atoms with Crippen LogP contribution < -0.4 is 0 Å². The Morgan fingerprint density at radius 3 is 2.82 bits per heavy atom. The first-order valence-electron chi connectivity index (χ1n) is 6.04. The molecule has 0 aliphatic carbocycles. The number of nitrogens with zero attached hydrogens (tertiary/aromatic N) is 4. The summed E-state index contributed by atoms with van der Waals surface area (Å²) in [6.07, 6.45) is 0. The first kappa shape index (κ1) is 12.0. The number of aromatic nitrogens is 3. The molecule has 1 atom stereocenters. The molecule has 1 saturated heterocycles. The molecule has 94 valence electrons. The molecule has 6 heteroatoms. The molecule has 0 radical (unpaired) electrons. The lowest BCUT2D eigenvalue weighted by Crippen LogP contribution is -2.53. The minimum atomic E-state index is -0.0723. The van der Waals surface area contributed by atoms with Crippen molar-refractivity contribution in [2.45, 2.75) is 26.8 Å². The zero-order valence-corrected chi connectivity index (χ0v) is 10.6. The molecule has 1 unspecified atom stereocenters. The van der Waals surface area contributed by atoms with Crippen molar-refractivity contribution in [3.05, 3.63) is 11.6 Å². The van der Waals surface area contributed by atoms with E-state index in [9.17, 15) is 4.79 Å². The highest BCUT2D eigenvalue weighted by Gasteiger charge is 2.27. The van der Waals surface area contributed by atoms with Crippen LogP contribution in [0.25, 0.3) is 0 Å². The first-order chi connectivity index (χ1) is 8.11. The van der Waals surface area contributed by atoms with Gasteiger partial charge in [0, 0.05) is 25.7 Å². The SMILES string of the molecule is CCN1CCN(C(=O)c2n[nH]c(C)n2)CC1C. The van der Waals surface area contributed by atoms with Gasteiger partial charge in [0.05, 0.1) is 0 Å². The number of hydrogen-bond acceptors (Lipinski definition) is 4. The van der Waals surface area contributed by atoms with E-state index in [1.165, 1.54) is 0 Å². The molecule has 1 aliphatic heterocycles. The predicted molar refractivity (Wildman–Crippen MR) is 63.7 cm³/mol. The second kappa shape index (κ2) is 4.83. The summed E-state index contributed by atoms with van der Waals surface area (Å²) in [6, 6.07) is 0.401. The molecule has 6 nitrogen and oxygen atoms in total. The maximum absolute atomic E-state index is 12.1. The zero-order chi connectivity index (χ0) is 12.4. The van der Waals surface area contributed by atoms with Crippen LogP contribution in [0.4, 0.5) is 0 Å². The Hall–Kier alpha value is -1.43. The third-order valence-corrected chi connectivity index (χ3v) is 3.25. The second-order valence-corrected chi connectivity index (χ2v) is 4.47. The molecule has 1 aliphatic rings. The van der Waals surface area contributed by atoms with Gasteiger partial charge in [-0.2, -0.15) is 0 Å². The van der Waals surface area contributed by atoms with Crippen LogP contribution in [0.5, 0.6) is 0 Å². The summed E-state index contributed by atoms with van der Waals surface area (Å²) in [5, 5.41) is 6.61. The number of hydrogen-bond donors (Lipinski definition) is 1. The lowest BCUT2D eigenvalue weighted by Gasteiger charge is -2.38. The van der Waals surface area contributed by atoms with E-state index in [1.54, 1.807) is 6.92 Å². The highest BCUT2D eigenvalue weighted by atomic mass is 16.2. The van der Waals surface area contributed by atoms with Crippen molar-refractivity contribution in [3.63, 3.8) is 0 Å². The summed E-state index contributed by atoms with van der Waals surface area (Å²) < 4.78 is 0.